The second-order valence-corrected chi connectivity index (χ2v) is 10.3. The number of anilines is 1. The monoisotopic (exact) mass is 421 g/mol. The zero-order chi connectivity index (χ0) is 22.0. The van der Waals surface area contributed by atoms with E-state index in [9.17, 15) is 14.0 Å². The highest BCUT2D eigenvalue weighted by Crippen LogP contribution is 2.32. The molecule has 0 N–H and O–H groups in total. The Labute approximate surface area is 173 Å². The van der Waals surface area contributed by atoms with Gasteiger partial charge in [-0.2, -0.15) is 0 Å². The summed E-state index contributed by atoms with van der Waals surface area (Å²) in [6.45, 7) is 15.6. The van der Waals surface area contributed by atoms with E-state index in [4.69, 9.17) is 13.9 Å². The number of rotatable bonds is 7. The first-order chi connectivity index (χ1) is 13.4. The van der Waals surface area contributed by atoms with Gasteiger partial charge in [0.2, 0.25) is 9.76 Å². The molecule has 0 aromatic heterocycles. The van der Waals surface area contributed by atoms with E-state index in [0.717, 1.165) is 0 Å². The minimum Gasteiger partial charge on any atom is -0.462 e. The molecule has 2 rings (SSSR count). The maximum atomic E-state index is 14.6. The average Bonchev–Trinajstić information content (AvgIpc) is 3.02. The molecule has 1 atom stereocenters. The number of cyclic esters (lactones) is 1. The van der Waals surface area contributed by atoms with Crippen molar-refractivity contribution < 1.29 is 27.9 Å². The van der Waals surface area contributed by atoms with Crippen molar-refractivity contribution in [2.45, 2.75) is 58.3 Å². The fourth-order valence-corrected chi connectivity index (χ4v) is 3.33. The Morgan fingerprint density at radius 1 is 1.34 bits per heavy atom. The van der Waals surface area contributed by atoms with Gasteiger partial charge in [0.05, 0.1) is 30.0 Å². The molecule has 1 aromatic carbocycles. The molecule has 6 nitrogen and oxygen atoms in total. The Kier molecular flexibility index (Phi) is 6.90. The van der Waals surface area contributed by atoms with Crippen LogP contribution in [0.5, 0.6) is 0 Å². The fraction of sp³-hybridized carbons (Fsp3) is 0.524. The molecule has 0 aliphatic carbocycles. The number of ether oxygens (including phenoxy) is 2. The molecule has 1 aliphatic heterocycles. The van der Waals surface area contributed by atoms with Crippen LogP contribution in [-0.4, -0.2) is 46.7 Å². The van der Waals surface area contributed by atoms with Gasteiger partial charge in [-0.1, -0.05) is 27.4 Å². The van der Waals surface area contributed by atoms with E-state index in [2.05, 4.69) is 27.4 Å². The summed E-state index contributed by atoms with van der Waals surface area (Å²) >= 11 is 0. The standard InChI is InChI=1S/C21H28FNO5Si/c1-8-26-18(24)13(2)15-10-9-14(11-16(15)22)23-12-17(27-19(23)25)21(6,7)28-29-20(3,4)5/h9-11,17H,2,8,12H2,1,3-7H3. The molecule has 2 radical (unpaired) electrons. The lowest BCUT2D eigenvalue weighted by Crippen LogP contribution is -2.43. The summed E-state index contributed by atoms with van der Waals surface area (Å²) in [7, 11) is 0.238. The largest absolute Gasteiger partial charge is 0.462 e. The molecular formula is C21H28FNO5Si. The van der Waals surface area contributed by atoms with Gasteiger partial charge in [0.1, 0.15) is 11.9 Å². The molecule has 1 unspecified atom stereocenters. The molecule has 1 fully saturated rings. The molecule has 158 valence electrons. The predicted octanol–water partition coefficient (Wildman–Crippen LogP) is 4.36. The van der Waals surface area contributed by atoms with Crippen molar-refractivity contribution in [3.63, 3.8) is 0 Å². The van der Waals surface area contributed by atoms with Crippen LogP contribution in [0.3, 0.4) is 0 Å². The highest BCUT2D eigenvalue weighted by molar-refractivity contribution is 6.31. The van der Waals surface area contributed by atoms with Crippen molar-refractivity contribution in [2.75, 3.05) is 18.1 Å². The summed E-state index contributed by atoms with van der Waals surface area (Å²) < 4.78 is 31.0. The normalized spacial score (nSPS) is 17.3. The van der Waals surface area contributed by atoms with Gasteiger partial charge < -0.3 is 13.9 Å². The van der Waals surface area contributed by atoms with Gasteiger partial charge in [-0.15, -0.1) is 0 Å². The minimum atomic E-state index is -0.688. The first kappa shape index (κ1) is 23.1. The van der Waals surface area contributed by atoms with E-state index in [1.165, 1.54) is 17.0 Å². The van der Waals surface area contributed by atoms with Crippen molar-refractivity contribution in [3.8, 4) is 0 Å². The van der Waals surface area contributed by atoms with Gasteiger partial charge in [0.15, 0.2) is 0 Å². The third-order valence-electron chi connectivity index (χ3n) is 4.32. The highest BCUT2D eigenvalue weighted by atomic mass is 28.2. The number of halogens is 1. The van der Waals surface area contributed by atoms with Crippen molar-refractivity contribution in [3.05, 3.63) is 36.2 Å². The minimum absolute atomic E-state index is 0.000149. The Balaban J connectivity index is 2.15. The van der Waals surface area contributed by atoms with Gasteiger partial charge in [-0.05, 0) is 44.0 Å². The maximum absolute atomic E-state index is 14.6. The lowest BCUT2D eigenvalue weighted by Gasteiger charge is -2.32. The van der Waals surface area contributed by atoms with Crippen LogP contribution in [-0.2, 0) is 18.7 Å². The quantitative estimate of drug-likeness (QED) is 0.372. The van der Waals surface area contributed by atoms with E-state index in [-0.39, 0.29) is 39.1 Å². The average molecular weight is 422 g/mol. The first-order valence-electron chi connectivity index (χ1n) is 9.45. The Hall–Kier alpha value is -2.19. The van der Waals surface area contributed by atoms with Gasteiger partial charge in [-0.3, -0.25) is 4.90 Å². The van der Waals surface area contributed by atoms with E-state index >= 15 is 0 Å². The molecule has 1 amide bonds. The van der Waals surface area contributed by atoms with Gasteiger partial charge in [-0.25, -0.2) is 14.0 Å². The van der Waals surface area contributed by atoms with E-state index in [1.807, 2.05) is 13.8 Å². The second-order valence-electron chi connectivity index (χ2n) is 8.40. The second kappa shape index (κ2) is 8.67. The van der Waals surface area contributed by atoms with Crippen molar-refractivity contribution in [1.82, 2.24) is 0 Å². The third-order valence-corrected chi connectivity index (χ3v) is 5.56. The third kappa shape index (κ3) is 5.67. The van der Waals surface area contributed by atoms with E-state index in [1.54, 1.807) is 13.0 Å². The van der Waals surface area contributed by atoms with Crippen molar-refractivity contribution >= 4 is 33.1 Å². The molecule has 0 saturated carbocycles. The fourth-order valence-electron chi connectivity index (χ4n) is 2.63. The maximum Gasteiger partial charge on any atom is 0.414 e. The lowest BCUT2D eigenvalue weighted by atomic mass is 10.0. The summed E-state index contributed by atoms with van der Waals surface area (Å²) in [5, 5.41) is -0.000149. The Bertz CT molecular complexity index is 803. The number of benzene rings is 1. The molecular weight excluding hydrogens is 393 g/mol. The van der Waals surface area contributed by atoms with Crippen LogP contribution in [0.15, 0.2) is 24.8 Å². The van der Waals surface area contributed by atoms with Crippen molar-refractivity contribution in [2.24, 2.45) is 0 Å². The van der Waals surface area contributed by atoms with Crippen molar-refractivity contribution in [1.29, 1.82) is 0 Å². The zero-order valence-corrected chi connectivity index (χ0v) is 18.8. The first-order valence-corrected chi connectivity index (χ1v) is 10.4. The molecule has 1 saturated heterocycles. The number of hydrogen-bond acceptors (Lipinski definition) is 5. The molecule has 1 aliphatic rings. The van der Waals surface area contributed by atoms with Crippen LogP contribution in [0.1, 0.15) is 47.1 Å². The summed E-state index contributed by atoms with van der Waals surface area (Å²) in [6.07, 6.45) is -1.07. The van der Waals surface area contributed by atoms with Crippen LogP contribution in [0.4, 0.5) is 14.9 Å². The molecule has 1 heterocycles. The number of amides is 1. The van der Waals surface area contributed by atoms with Gasteiger partial charge in [0, 0.05) is 5.56 Å². The van der Waals surface area contributed by atoms with Crippen LogP contribution in [0, 0.1) is 5.82 Å². The SMILES string of the molecule is C=C(C(=O)OCC)c1ccc(N2CC(C(C)(C)O[Si]C(C)(C)C)OC2=O)cc1F. The van der Waals surface area contributed by atoms with E-state index < -0.39 is 29.6 Å². The van der Waals surface area contributed by atoms with E-state index in [0.29, 0.717) is 5.69 Å². The van der Waals surface area contributed by atoms with Crippen LogP contribution < -0.4 is 4.90 Å². The number of hydrogen-bond donors (Lipinski definition) is 0. The Morgan fingerprint density at radius 3 is 2.55 bits per heavy atom. The zero-order valence-electron chi connectivity index (χ0n) is 17.8. The summed E-state index contributed by atoms with van der Waals surface area (Å²) in [5.74, 6) is -1.35. The summed E-state index contributed by atoms with van der Waals surface area (Å²) in [6, 6.07) is 4.15. The Morgan fingerprint density at radius 2 is 2.00 bits per heavy atom. The number of nitrogens with zero attached hydrogens (tertiary/aromatic N) is 1. The predicted molar refractivity (Wildman–Crippen MR) is 110 cm³/mol. The number of carbonyl (C=O) groups is 2. The molecule has 8 heteroatoms. The van der Waals surface area contributed by atoms with Crippen LogP contribution in [0.25, 0.3) is 5.57 Å². The molecule has 0 spiro atoms. The van der Waals surface area contributed by atoms with Crippen LogP contribution in [0.2, 0.25) is 5.04 Å². The van der Waals surface area contributed by atoms with Gasteiger partial charge in [0.25, 0.3) is 0 Å². The molecule has 1 aromatic rings. The van der Waals surface area contributed by atoms with Crippen LogP contribution >= 0.6 is 0 Å². The molecule has 29 heavy (non-hydrogen) atoms. The summed E-state index contributed by atoms with van der Waals surface area (Å²) in [4.78, 5) is 25.5. The molecule has 0 bridgehead atoms. The smallest absolute Gasteiger partial charge is 0.414 e. The topological polar surface area (TPSA) is 65.1 Å². The number of esters is 1. The summed E-state index contributed by atoms with van der Waals surface area (Å²) in [5.41, 5.74) is -0.390. The highest BCUT2D eigenvalue weighted by Gasteiger charge is 2.43. The van der Waals surface area contributed by atoms with Gasteiger partial charge >= 0.3 is 12.1 Å². The lowest BCUT2D eigenvalue weighted by molar-refractivity contribution is -0.136. The number of carbonyl (C=O) groups excluding carboxylic acids is 2.